The summed E-state index contributed by atoms with van der Waals surface area (Å²) in [6, 6.07) is 2.09. The molecule has 0 radical (unpaired) electrons. The third-order valence-corrected chi connectivity index (χ3v) is 3.12. The molecule has 2 amide bonds. The van der Waals surface area contributed by atoms with Crippen molar-refractivity contribution in [3.05, 3.63) is 35.4 Å². The van der Waals surface area contributed by atoms with Crippen molar-refractivity contribution < 1.29 is 18.4 Å². The molecule has 1 aromatic rings. The number of halogens is 2. The zero-order chi connectivity index (χ0) is 15.3. The van der Waals surface area contributed by atoms with Crippen LogP contribution in [0.5, 0.6) is 0 Å². The minimum atomic E-state index is -0.786. The van der Waals surface area contributed by atoms with Crippen LogP contribution in [-0.4, -0.2) is 17.9 Å². The highest BCUT2D eigenvalue weighted by atomic mass is 19.1. The van der Waals surface area contributed by atoms with Gasteiger partial charge in [0.15, 0.2) is 0 Å². The standard InChI is InChI=1S/C14H18F2N2O2/c1-3-8(2)13(14(17)20)18-12(19)6-9-4-10(15)7-11(16)5-9/h4-5,7-8,13H,3,6H2,1-2H3,(H2,17,20)(H,18,19)/t8-,13-/m0/s1. The van der Waals surface area contributed by atoms with Crippen LogP contribution in [0.2, 0.25) is 0 Å². The van der Waals surface area contributed by atoms with Gasteiger partial charge in [-0.1, -0.05) is 20.3 Å². The minimum absolute atomic E-state index is 0.110. The van der Waals surface area contributed by atoms with E-state index in [0.717, 1.165) is 18.2 Å². The molecule has 1 aromatic carbocycles. The molecule has 0 unspecified atom stereocenters. The van der Waals surface area contributed by atoms with E-state index in [2.05, 4.69) is 5.32 Å². The summed E-state index contributed by atoms with van der Waals surface area (Å²) in [5.74, 6) is -2.74. The number of hydrogen-bond donors (Lipinski definition) is 2. The van der Waals surface area contributed by atoms with Gasteiger partial charge in [0.1, 0.15) is 17.7 Å². The highest BCUT2D eigenvalue weighted by Crippen LogP contribution is 2.10. The first-order chi connectivity index (χ1) is 9.33. The van der Waals surface area contributed by atoms with E-state index in [0.29, 0.717) is 6.42 Å². The van der Waals surface area contributed by atoms with Crippen molar-refractivity contribution in [3.63, 3.8) is 0 Å². The summed E-state index contributed by atoms with van der Waals surface area (Å²) in [5, 5.41) is 2.50. The molecule has 0 fully saturated rings. The molecule has 0 aliphatic heterocycles. The van der Waals surface area contributed by atoms with Crippen LogP contribution in [0, 0.1) is 17.6 Å². The summed E-state index contributed by atoms with van der Waals surface area (Å²) in [6.45, 7) is 3.66. The van der Waals surface area contributed by atoms with E-state index < -0.39 is 29.5 Å². The lowest BCUT2D eigenvalue weighted by Gasteiger charge is -2.21. The van der Waals surface area contributed by atoms with E-state index in [4.69, 9.17) is 5.73 Å². The Morgan fingerprint density at radius 1 is 1.25 bits per heavy atom. The number of benzene rings is 1. The van der Waals surface area contributed by atoms with Crippen LogP contribution < -0.4 is 11.1 Å². The number of carbonyl (C=O) groups excluding carboxylic acids is 2. The molecule has 6 heteroatoms. The zero-order valence-electron chi connectivity index (χ0n) is 11.5. The molecule has 0 aliphatic carbocycles. The van der Waals surface area contributed by atoms with Gasteiger partial charge in [-0.15, -0.1) is 0 Å². The van der Waals surface area contributed by atoms with Gasteiger partial charge >= 0.3 is 0 Å². The molecule has 3 N–H and O–H groups in total. The van der Waals surface area contributed by atoms with Gasteiger partial charge in [-0.25, -0.2) is 8.78 Å². The van der Waals surface area contributed by atoms with Gasteiger partial charge in [0.2, 0.25) is 11.8 Å². The van der Waals surface area contributed by atoms with Crippen LogP contribution in [-0.2, 0) is 16.0 Å². The van der Waals surface area contributed by atoms with Gasteiger partial charge in [-0.05, 0) is 23.6 Å². The van der Waals surface area contributed by atoms with Crippen LogP contribution in [0.25, 0.3) is 0 Å². The molecule has 0 bridgehead atoms. The minimum Gasteiger partial charge on any atom is -0.368 e. The zero-order valence-corrected chi connectivity index (χ0v) is 11.5. The van der Waals surface area contributed by atoms with Gasteiger partial charge in [-0.2, -0.15) is 0 Å². The van der Waals surface area contributed by atoms with Gasteiger partial charge in [0, 0.05) is 6.07 Å². The quantitative estimate of drug-likeness (QED) is 0.831. The number of amides is 2. The molecular weight excluding hydrogens is 266 g/mol. The number of hydrogen-bond acceptors (Lipinski definition) is 2. The Hall–Kier alpha value is -1.98. The Bertz CT molecular complexity index is 486. The Morgan fingerprint density at radius 3 is 2.25 bits per heavy atom. The number of carbonyl (C=O) groups is 2. The average molecular weight is 284 g/mol. The molecule has 20 heavy (non-hydrogen) atoms. The van der Waals surface area contributed by atoms with Crippen molar-refractivity contribution in [3.8, 4) is 0 Å². The smallest absolute Gasteiger partial charge is 0.240 e. The number of rotatable bonds is 6. The van der Waals surface area contributed by atoms with Gasteiger partial charge in [-0.3, -0.25) is 9.59 Å². The van der Waals surface area contributed by atoms with E-state index in [1.54, 1.807) is 6.92 Å². The highest BCUT2D eigenvalue weighted by Gasteiger charge is 2.23. The fourth-order valence-corrected chi connectivity index (χ4v) is 1.85. The van der Waals surface area contributed by atoms with Crippen LogP contribution in [0.15, 0.2) is 18.2 Å². The Kier molecular flexibility index (Phi) is 5.61. The van der Waals surface area contributed by atoms with E-state index in [1.165, 1.54) is 0 Å². The van der Waals surface area contributed by atoms with Gasteiger partial charge < -0.3 is 11.1 Å². The lowest BCUT2D eigenvalue weighted by Crippen LogP contribution is -2.48. The lowest BCUT2D eigenvalue weighted by atomic mass is 9.98. The topological polar surface area (TPSA) is 72.2 Å². The summed E-state index contributed by atoms with van der Waals surface area (Å²) < 4.78 is 26.0. The number of nitrogens with one attached hydrogen (secondary N) is 1. The lowest BCUT2D eigenvalue weighted by molar-refractivity contribution is -0.128. The Morgan fingerprint density at radius 2 is 1.80 bits per heavy atom. The number of primary amides is 1. The van der Waals surface area contributed by atoms with Crippen LogP contribution in [0.4, 0.5) is 8.78 Å². The van der Waals surface area contributed by atoms with E-state index in [9.17, 15) is 18.4 Å². The molecule has 0 heterocycles. The molecule has 2 atom stereocenters. The van der Waals surface area contributed by atoms with Crippen molar-refractivity contribution >= 4 is 11.8 Å². The molecule has 1 rings (SSSR count). The van der Waals surface area contributed by atoms with Crippen molar-refractivity contribution in [2.45, 2.75) is 32.7 Å². The predicted octanol–water partition coefficient (Wildman–Crippen LogP) is 1.52. The second-order valence-corrected chi connectivity index (χ2v) is 4.79. The van der Waals surface area contributed by atoms with E-state index in [-0.39, 0.29) is 17.9 Å². The SMILES string of the molecule is CC[C@H](C)[C@H](NC(=O)Cc1cc(F)cc(F)c1)C(N)=O. The predicted molar refractivity (Wildman–Crippen MR) is 70.6 cm³/mol. The Labute approximate surface area is 116 Å². The van der Waals surface area contributed by atoms with Crippen molar-refractivity contribution in [2.24, 2.45) is 11.7 Å². The molecule has 110 valence electrons. The summed E-state index contributed by atoms with van der Waals surface area (Å²) in [4.78, 5) is 23.1. The molecule has 0 spiro atoms. The summed E-state index contributed by atoms with van der Waals surface area (Å²) >= 11 is 0. The molecule has 0 saturated carbocycles. The number of nitrogens with two attached hydrogens (primary N) is 1. The molecular formula is C14H18F2N2O2. The normalized spacial score (nSPS) is 13.6. The maximum atomic E-state index is 13.0. The highest BCUT2D eigenvalue weighted by molar-refractivity contribution is 5.87. The monoisotopic (exact) mass is 284 g/mol. The first-order valence-electron chi connectivity index (χ1n) is 6.37. The third kappa shape index (κ3) is 4.60. The average Bonchev–Trinajstić information content (AvgIpc) is 2.33. The van der Waals surface area contributed by atoms with Crippen LogP contribution in [0.3, 0.4) is 0 Å². The molecule has 0 saturated heterocycles. The molecule has 0 aromatic heterocycles. The summed E-state index contributed by atoms with van der Waals surface area (Å²) in [5.41, 5.74) is 5.43. The van der Waals surface area contributed by atoms with Crippen LogP contribution in [0.1, 0.15) is 25.8 Å². The van der Waals surface area contributed by atoms with Gasteiger partial charge in [0.25, 0.3) is 0 Å². The molecule has 4 nitrogen and oxygen atoms in total. The first-order valence-corrected chi connectivity index (χ1v) is 6.37. The van der Waals surface area contributed by atoms with Crippen molar-refractivity contribution in [1.82, 2.24) is 5.32 Å². The maximum absolute atomic E-state index is 13.0. The van der Waals surface area contributed by atoms with E-state index >= 15 is 0 Å². The summed E-state index contributed by atoms with van der Waals surface area (Å²) in [6.07, 6.45) is 0.456. The first kappa shape index (κ1) is 16.1. The largest absolute Gasteiger partial charge is 0.368 e. The van der Waals surface area contributed by atoms with E-state index in [1.807, 2.05) is 6.92 Å². The van der Waals surface area contributed by atoms with Crippen LogP contribution >= 0.6 is 0 Å². The summed E-state index contributed by atoms with van der Waals surface area (Å²) in [7, 11) is 0. The fraction of sp³-hybridized carbons (Fsp3) is 0.429. The Balaban J connectivity index is 2.73. The third-order valence-electron chi connectivity index (χ3n) is 3.12. The molecule has 0 aliphatic rings. The van der Waals surface area contributed by atoms with Crippen molar-refractivity contribution in [1.29, 1.82) is 0 Å². The van der Waals surface area contributed by atoms with Crippen molar-refractivity contribution in [2.75, 3.05) is 0 Å². The fourth-order valence-electron chi connectivity index (χ4n) is 1.85. The second kappa shape index (κ2) is 6.98. The second-order valence-electron chi connectivity index (χ2n) is 4.79. The van der Waals surface area contributed by atoms with Gasteiger partial charge in [0.05, 0.1) is 6.42 Å². The maximum Gasteiger partial charge on any atom is 0.240 e.